The van der Waals surface area contributed by atoms with Crippen LogP contribution in [0.2, 0.25) is 0 Å². The SMILES string of the molecule is Cc1cc2cc(C(=O)OCc3ccccc3)[nH]c2cn1. The van der Waals surface area contributed by atoms with E-state index in [1.807, 2.05) is 43.3 Å². The zero-order valence-electron chi connectivity index (χ0n) is 11.1. The molecule has 0 aliphatic rings. The summed E-state index contributed by atoms with van der Waals surface area (Å²) in [6.07, 6.45) is 1.72. The Morgan fingerprint density at radius 2 is 2.05 bits per heavy atom. The van der Waals surface area contributed by atoms with Gasteiger partial charge >= 0.3 is 5.97 Å². The van der Waals surface area contributed by atoms with E-state index >= 15 is 0 Å². The molecule has 20 heavy (non-hydrogen) atoms. The third-order valence-corrected chi connectivity index (χ3v) is 3.07. The van der Waals surface area contributed by atoms with Gasteiger partial charge in [0.05, 0.1) is 11.7 Å². The summed E-state index contributed by atoms with van der Waals surface area (Å²) in [6.45, 7) is 2.19. The van der Waals surface area contributed by atoms with Gasteiger partial charge in [-0.25, -0.2) is 4.79 Å². The number of nitrogens with zero attached hydrogens (tertiary/aromatic N) is 1. The van der Waals surface area contributed by atoms with Crippen LogP contribution in [-0.2, 0) is 11.3 Å². The van der Waals surface area contributed by atoms with Crippen molar-refractivity contribution in [3.63, 3.8) is 0 Å². The number of aryl methyl sites for hydroxylation is 1. The summed E-state index contributed by atoms with van der Waals surface area (Å²) in [7, 11) is 0. The van der Waals surface area contributed by atoms with Crippen LogP contribution in [0, 0.1) is 6.92 Å². The number of hydrogen-bond acceptors (Lipinski definition) is 3. The molecule has 0 bridgehead atoms. The van der Waals surface area contributed by atoms with Crippen LogP contribution in [0.4, 0.5) is 0 Å². The van der Waals surface area contributed by atoms with Crippen molar-refractivity contribution in [1.82, 2.24) is 9.97 Å². The van der Waals surface area contributed by atoms with E-state index in [0.29, 0.717) is 5.69 Å². The van der Waals surface area contributed by atoms with Crippen LogP contribution in [0.25, 0.3) is 10.9 Å². The molecular formula is C16H14N2O2. The van der Waals surface area contributed by atoms with E-state index < -0.39 is 0 Å². The molecule has 0 saturated heterocycles. The quantitative estimate of drug-likeness (QED) is 0.740. The van der Waals surface area contributed by atoms with Crippen molar-refractivity contribution in [2.24, 2.45) is 0 Å². The number of benzene rings is 1. The van der Waals surface area contributed by atoms with Crippen LogP contribution in [0.1, 0.15) is 21.7 Å². The van der Waals surface area contributed by atoms with Crippen molar-refractivity contribution < 1.29 is 9.53 Å². The zero-order valence-corrected chi connectivity index (χ0v) is 11.1. The Labute approximate surface area is 116 Å². The van der Waals surface area contributed by atoms with Crippen molar-refractivity contribution in [3.8, 4) is 0 Å². The molecule has 0 unspecified atom stereocenters. The number of aromatic nitrogens is 2. The highest BCUT2D eigenvalue weighted by atomic mass is 16.5. The second-order valence-corrected chi connectivity index (χ2v) is 4.66. The Kier molecular flexibility index (Phi) is 3.21. The Balaban J connectivity index is 1.75. The molecule has 0 aliphatic carbocycles. The molecule has 0 aliphatic heterocycles. The maximum absolute atomic E-state index is 12.0. The van der Waals surface area contributed by atoms with E-state index in [2.05, 4.69) is 9.97 Å². The molecule has 4 heteroatoms. The minimum atomic E-state index is -0.359. The maximum atomic E-state index is 12.0. The summed E-state index contributed by atoms with van der Waals surface area (Å²) in [5, 5.41) is 0.962. The van der Waals surface area contributed by atoms with Crippen LogP contribution >= 0.6 is 0 Å². The number of hydrogen-bond donors (Lipinski definition) is 1. The van der Waals surface area contributed by atoms with Crippen molar-refractivity contribution in [2.45, 2.75) is 13.5 Å². The molecular weight excluding hydrogens is 252 g/mol. The van der Waals surface area contributed by atoms with Crippen molar-refractivity contribution >= 4 is 16.9 Å². The van der Waals surface area contributed by atoms with Gasteiger partial charge in [0.2, 0.25) is 0 Å². The van der Waals surface area contributed by atoms with Gasteiger partial charge in [0.1, 0.15) is 12.3 Å². The van der Waals surface area contributed by atoms with Crippen LogP contribution in [0.3, 0.4) is 0 Å². The molecule has 2 heterocycles. The number of nitrogens with one attached hydrogen (secondary N) is 1. The van der Waals surface area contributed by atoms with E-state index in [1.165, 1.54) is 0 Å². The van der Waals surface area contributed by atoms with Gasteiger partial charge in [0.25, 0.3) is 0 Å². The average molecular weight is 266 g/mol. The average Bonchev–Trinajstić information content (AvgIpc) is 2.89. The first kappa shape index (κ1) is 12.4. The minimum absolute atomic E-state index is 0.270. The first-order chi connectivity index (χ1) is 9.72. The molecule has 1 aromatic carbocycles. The van der Waals surface area contributed by atoms with E-state index in [-0.39, 0.29) is 12.6 Å². The highest BCUT2D eigenvalue weighted by Crippen LogP contribution is 2.16. The highest BCUT2D eigenvalue weighted by Gasteiger charge is 2.11. The predicted molar refractivity (Wildman–Crippen MR) is 76.4 cm³/mol. The normalized spacial score (nSPS) is 10.7. The third-order valence-electron chi connectivity index (χ3n) is 3.07. The zero-order chi connectivity index (χ0) is 13.9. The molecule has 3 aromatic rings. The third kappa shape index (κ3) is 2.54. The molecule has 0 amide bonds. The Morgan fingerprint density at radius 3 is 2.85 bits per heavy atom. The van der Waals surface area contributed by atoms with Crippen LogP contribution in [-0.4, -0.2) is 15.9 Å². The standard InChI is InChI=1S/C16H14N2O2/c1-11-7-13-8-14(18-15(13)9-17-11)16(19)20-10-12-5-3-2-4-6-12/h2-9,18H,10H2,1H3. The molecule has 0 spiro atoms. The fourth-order valence-electron chi connectivity index (χ4n) is 2.05. The van der Waals surface area contributed by atoms with E-state index in [1.54, 1.807) is 12.3 Å². The number of carbonyl (C=O) groups excluding carboxylic acids is 1. The van der Waals surface area contributed by atoms with Gasteiger partial charge in [-0.05, 0) is 24.6 Å². The summed E-state index contributed by atoms with van der Waals surface area (Å²) in [4.78, 5) is 19.2. The predicted octanol–water partition coefficient (Wildman–Crippen LogP) is 3.23. The fourth-order valence-corrected chi connectivity index (χ4v) is 2.05. The maximum Gasteiger partial charge on any atom is 0.355 e. The number of ether oxygens (including phenoxy) is 1. The van der Waals surface area contributed by atoms with Gasteiger partial charge in [-0.2, -0.15) is 0 Å². The summed E-state index contributed by atoms with van der Waals surface area (Å²) >= 11 is 0. The van der Waals surface area contributed by atoms with Gasteiger partial charge in [0.15, 0.2) is 0 Å². The molecule has 1 N–H and O–H groups in total. The highest BCUT2D eigenvalue weighted by molar-refractivity contribution is 5.94. The van der Waals surface area contributed by atoms with Gasteiger partial charge in [-0.15, -0.1) is 0 Å². The van der Waals surface area contributed by atoms with Crippen LogP contribution in [0.15, 0.2) is 48.7 Å². The number of aromatic amines is 1. The van der Waals surface area contributed by atoms with Gasteiger partial charge in [0, 0.05) is 11.1 Å². The summed E-state index contributed by atoms with van der Waals surface area (Å²) in [6, 6.07) is 13.3. The summed E-state index contributed by atoms with van der Waals surface area (Å²) in [5.74, 6) is -0.359. The number of H-pyrrole nitrogens is 1. The number of esters is 1. The number of pyridine rings is 1. The van der Waals surface area contributed by atoms with Crippen LogP contribution < -0.4 is 0 Å². The Hall–Kier alpha value is -2.62. The van der Waals surface area contributed by atoms with Crippen molar-refractivity contribution in [2.75, 3.05) is 0 Å². The van der Waals surface area contributed by atoms with E-state index in [0.717, 1.165) is 22.2 Å². The molecule has 0 atom stereocenters. The monoisotopic (exact) mass is 266 g/mol. The first-order valence-electron chi connectivity index (χ1n) is 6.39. The van der Waals surface area contributed by atoms with Gasteiger partial charge < -0.3 is 9.72 Å². The molecule has 4 nitrogen and oxygen atoms in total. The lowest BCUT2D eigenvalue weighted by Gasteiger charge is -2.02. The van der Waals surface area contributed by atoms with Gasteiger partial charge in [-0.1, -0.05) is 30.3 Å². The second kappa shape index (κ2) is 5.17. The van der Waals surface area contributed by atoms with Crippen molar-refractivity contribution in [3.05, 3.63) is 65.6 Å². The van der Waals surface area contributed by atoms with Gasteiger partial charge in [-0.3, -0.25) is 4.98 Å². The smallest absolute Gasteiger partial charge is 0.355 e. The van der Waals surface area contributed by atoms with E-state index in [4.69, 9.17) is 4.74 Å². The fraction of sp³-hybridized carbons (Fsp3) is 0.125. The Bertz CT molecular complexity index is 748. The van der Waals surface area contributed by atoms with E-state index in [9.17, 15) is 4.79 Å². The number of fused-ring (bicyclic) bond motifs is 1. The second-order valence-electron chi connectivity index (χ2n) is 4.66. The van der Waals surface area contributed by atoms with Crippen LogP contribution in [0.5, 0.6) is 0 Å². The van der Waals surface area contributed by atoms with Crippen molar-refractivity contribution in [1.29, 1.82) is 0 Å². The summed E-state index contributed by atoms with van der Waals surface area (Å²) < 4.78 is 5.28. The molecule has 0 fully saturated rings. The lowest BCUT2D eigenvalue weighted by atomic mass is 10.2. The molecule has 3 rings (SSSR count). The minimum Gasteiger partial charge on any atom is -0.456 e. The Morgan fingerprint density at radius 1 is 1.25 bits per heavy atom. The molecule has 0 saturated carbocycles. The topological polar surface area (TPSA) is 55.0 Å². The summed E-state index contributed by atoms with van der Waals surface area (Å²) in [5.41, 5.74) is 3.17. The molecule has 0 radical (unpaired) electrons. The number of rotatable bonds is 3. The molecule has 100 valence electrons. The first-order valence-corrected chi connectivity index (χ1v) is 6.39. The lowest BCUT2D eigenvalue weighted by Crippen LogP contribution is -2.05. The molecule has 2 aromatic heterocycles. The number of carbonyl (C=O) groups is 1. The largest absolute Gasteiger partial charge is 0.456 e. The lowest BCUT2D eigenvalue weighted by molar-refractivity contribution is 0.0467.